The van der Waals surface area contributed by atoms with Gasteiger partial charge in [-0.25, -0.2) is 8.42 Å². The van der Waals surface area contributed by atoms with Gasteiger partial charge in [0.1, 0.15) is 11.5 Å². The highest BCUT2D eigenvalue weighted by atomic mass is 32.2. The Hall–Kier alpha value is -2.74. The van der Waals surface area contributed by atoms with Crippen LogP contribution in [0, 0.1) is 5.92 Å². The van der Waals surface area contributed by atoms with Crippen molar-refractivity contribution in [2.24, 2.45) is 5.92 Å². The predicted molar refractivity (Wildman–Crippen MR) is 128 cm³/mol. The first-order valence-electron chi connectivity index (χ1n) is 10.7. The van der Waals surface area contributed by atoms with Crippen LogP contribution in [0.5, 0.6) is 11.5 Å². The summed E-state index contributed by atoms with van der Waals surface area (Å²) in [5, 5.41) is 3.10. The van der Waals surface area contributed by atoms with Crippen LogP contribution in [0.3, 0.4) is 0 Å². The lowest BCUT2D eigenvalue weighted by molar-refractivity contribution is -0.122. The molecule has 2 aromatic carbocycles. The molecule has 0 radical (unpaired) electrons. The van der Waals surface area contributed by atoms with Crippen molar-refractivity contribution in [3.05, 3.63) is 54.1 Å². The predicted octanol–water partition coefficient (Wildman–Crippen LogP) is 4.15. The number of amides is 1. The van der Waals surface area contributed by atoms with E-state index in [0.29, 0.717) is 23.8 Å². The molecule has 0 saturated heterocycles. The van der Waals surface area contributed by atoms with Crippen molar-refractivity contribution in [2.75, 3.05) is 31.3 Å². The molecule has 0 aromatic heterocycles. The number of methoxy groups -OCH3 is 2. The van der Waals surface area contributed by atoms with Crippen LogP contribution in [-0.4, -0.2) is 41.3 Å². The van der Waals surface area contributed by atoms with Gasteiger partial charge in [-0.3, -0.25) is 9.10 Å². The van der Waals surface area contributed by atoms with E-state index in [4.69, 9.17) is 9.47 Å². The van der Waals surface area contributed by atoms with Gasteiger partial charge in [-0.1, -0.05) is 38.1 Å². The number of benzene rings is 2. The molecule has 0 bridgehead atoms. The van der Waals surface area contributed by atoms with E-state index in [1.54, 1.807) is 31.4 Å². The highest BCUT2D eigenvalue weighted by molar-refractivity contribution is 7.92. The Balaban J connectivity index is 2.04. The SMILES string of the molecule is COc1ccc(C(CC(C)C)NC(=O)CCCN(c2ccccc2OC)S(C)(=O)=O)cc1. The second-order valence-corrected chi connectivity index (χ2v) is 10.0. The third kappa shape index (κ3) is 7.44. The van der Waals surface area contributed by atoms with Crippen molar-refractivity contribution in [3.63, 3.8) is 0 Å². The molecule has 0 aliphatic rings. The van der Waals surface area contributed by atoms with Gasteiger partial charge in [0, 0.05) is 13.0 Å². The third-order valence-electron chi connectivity index (χ3n) is 5.08. The van der Waals surface area contributed by atoms with Crippen LogP contribution in [0.1, 0.15) is 44.7 Å². The molecule has 0 spiro atoms. The molecule has 0 saturated carbocycles. The number of nitrogens with zero attached hydrogens (tertiary/aromatic N) is 1. The standard InChI is InChI=1S/C24H34N2O5S/c1-18(2)17-21(19-12-14-20(30-3)15-13-19)25-24(27)11-8-16-26(32(5,28)29)22-9-6-7-10-23(22)31-4/h6-7,9-10,12-15,18,21H,8,11,16-17H2,1-5H3,(H,25,27). The summed E-state index contributed by atoms with van der Waals surface area (Å²) in [4.78, 5) is 12.7. The molecule has 2 aromatic rings. The average Bonchev–Trinajstić information content (AvgIpc) is 2.75. The van der Waals surface area contributed by atoms with Gasteiger partial charge in [-0.05, 0) is 48.6 Å². The van der Waals surface area contributed by atoms with Crippen molar-refractivity contribution in [1.82, 2.24) is 5.32 Å². The average molecular weight is 463 g/mol. The summed E-state index contributed by atoms with van der Waals surface area (Å²) in [6, 6.07) is 14.5. The first-order chi connectivity index (χ1) is 15.2. The summed E-state index contributed by atoms with van der Waals surface area (Å²) < 4.78 is 36.6. The van der Waals surface area contributed by atoms with Crippen LogP contribution in [0.2, 0.25) is 0 Å². The lowest BCUT2D eigenvalue weighted by Gasteiger charge is -2.25. The van der Waals surface area contributed by atoms with E-state index >= 15 is 0 Å². The number of anilines is 1. The van der Waals surface area contributed by atoms with E-state index < -0.39 is 10.0 Å². The Kier molecular flexibility index (Phi) is 9.38. The van der Waals surface area contributed by atoms with Gasteiger partial charge >= 0.3 is 0 Å². The molecule has 1 amide bonds. The number of rotatable bonds is 12. The number of hydrogen-bond acceptors (Lipinski definition) is 5. The van der Waals surface area contributed by atoms with E-state index in [1.807, 2.05) is 24.3 Å². The van der Waals surface area contributed by atoms with Gasteiger partial charge in [0.2, 0.25) is 15.9 Å². The quantitative estimate of drug-likeness (QED) is 0.512. The molecule has 0 aliphatic carbocycles. The van der Waals surface area contributed by atoms with Crippen LogP contribution in [0.15, 0.2) is 48.5 Å². The van der Waals surface area contributed by atoms with E-state index in [9.17, 15) is 13.2 Å². The van der Waals surface area contributed by atoms with Crippen LogP contribution < -0.4 is 19.1 Å². The summed E-state index contributed by atoms with van der Waals surface area (Å²) in [6.07, 6.45) is 2.55. The van der Waals surface area contributed by atoms with Gasteiger partial charge in [-0.15, -0.1) is 0 Å². The largest absolute Gasteiger partial charge is 0.497 e. The molecular formula is C24H34N2O5S. The van der Waals surface area contributed by atoms with E-state index in [0.717, 1.165) is 24.0 Å². The first kappa shape index (κ1) is 25.5. The summed E-state index contributed by atoms with van der Waals surface area (Å²) in [5.41, 5.74) is 1.48. The van der Waals surface area contributed by atoms with E-state index in [2.05, 4.69) is 19.2 Å². The Labute approximate surface area is 191 Å². The molecule has 1 unspecified atom stereocenters. The molecule has 32 heavy (non-hydrogen) atoms. The Morgan fingerprint density at radius 3 is 2.25 bits per heavy atom. The van der Waals surface area contributed by atoms with Crippen molar-refractivity contribution in [2.45, 2.75) is 39.2 Å². The maximum absolute atomic E-state index is 12.7. The molecule has 0 aliphatic heterocycles. The van der Waals surface area contributed by atoms with Gasteiger partial charge in [0.25, 0.3) is 0 Å². The van der Waals surface area contributed by atoms with Gasteiger partial charge in [0.15, 0.2) is 0 Å². The minimum absolute atomic E-state index is 0.111. The maximum Gasteiger partial charge on any atom is 0.232 e. The van der Waals surface area contributed by atoms with Crippen molar-refractivity contribution < 1.29 is 22.7 Å². The summed E-state index contributed by atoms with van der Waals surface area (Å²) in [6.45, 7) is 4.41. The van der Waals surface area contributed by atoms with Gasteiger partial charge in [0.05, 0.1) is 32.2 Å². The van der Waals surface area contributed by atoms with Crippen LogP contribution >= 0.6 is 0 Å². The Morgan fingerprint density at radius 2 is 1.69 bits per heavy atom. The minimum Gasteiger partial charge on any atom is -0.497 e. The van der Waals surface area contributed by atoms with Crippen molar-refractivity contribution in [1.29, 1.82) is 0 Å². The number of nitrogens with one attached hydrogen (secondary N) is 1. The molecule has 8 heteroatoms. The first-order valence-corrected chi connectivity index (χ1v) is 12.5. The monoisotopic (exact) mass is 462 g/mol. The lowest BCUT2D eigenvalue weighted by atomic mass is 9.96. The topological polar surface area (TPSA) is 84.9 Å². The molecular weight excluding hydrogens is 428 g/mol. The number of sulfonamides is 1. The number of ether oxygens (including phenoxy) is 2. The lowest BCUT2D eigenvalue weighted by Crippen LogP contribution is -2.33. The van der Waals surface area contributed by atoms with Crippen molar-refractivity contribution in [3.8, 4) is 11.5 Å². The molecule has 7 nitrogen and oxygen atoms in total. The normalized spacial score (nSPS) is 12.3. The summed E-state index contributed by atoms with van der Waals surface area (Å²) >= 11 is 0. The van der Waals surface area contributed by atoms with E-state index in [-0.39, 0.29) is 24.9 Å². The molecule has 1 atom stereocenters. The number of carbonyl (C=O) groups is 1. The number of para-hydroxylation sites is 2. The molecule has 2 rings (SSSR count). The second kappa shape index (κ2) is 11.8. The zero-order valence-corrected chi connectivity index (χ0v) is 20.3. The second-order valence-electron chi connectivity index (χ2n) is 8.13. The fourth-order valence-corrected chi connectivity index (χ4v) is 4.51. The molecule has 1 N–H and O–H groups in total. The van der Waals surface area contributed by atoms with Crippen LogP contribution in [0.25, 0.3) is 0 Å². The summed E-state index contributed by atoms with van der Waals surface area (Å²) in [5.74, 6) is 1.52. The Bertz CT molecular complexity index is 974. The smallest absolute Gasteiger partial charge is 0.232 e. The van der Waals surface area contributed by atoms with Crippen LogP contribution in [-0.2, 0) is 14.8 Å². The highest BCUT2D eigenvalue weighted by Gasteiger charge is 2.22. The van der Waals surface area contributed by atoms with Crippen molar-refractivity contribution >= 4 is 21.6 Å². The molecule has 0 heterocycles. The van der Waals surface area contributed by atoms with Gasteiger partial charge in [-0.2, -0.15) is 0 Å². The molecule has 0 fully saturated rings. The number of hydrogen-bond donors (Lipinski definition) is 1. The zero-order chi connectivity index (χ0) is 23.7. The third-order valence-corrected chi connectivity index (χ3v) is 6.26. The molecule has 176 valence electrons. The minimum atomic E-state index is -3.53. The van der Waals surface area contributed by atoms with Gasteiger partial charge < -0.3 is 14.8 Å². The zero-order valence-electron chi connectivity index (χ0n) is 19.5. The fraction of sp³-hybridized carbons (Fsp3) is 0.458. The van der Waals surface area contributed by atoms with E-state index in [1.165, 1.54) is 11.4 Å². The Morgan fingerprint density at radius 1 is 1.03 bits per heavy atom. The maximum atomic E-state index is 12.7. The fourth-order valence-electron chi connectivity index (χ4n) is 3.54. The summed E-state index contributed by atoms with van der Waals surface area (Å²) in [7, 11) is -0.408. The number of carbonyl (C=O) groups excluding carboxylic acids is 1. The van der Waals surface area contributed by atoms with Crippen LogP contribution in [0.4, 0.5) is 5.69 Å². The highest BCUT2D eigenvalue weighted by Crippen LogP contribution is 2.30.